The summed E-state index contributed by atoms with van der Waals surface area (Å²) in [5, 5.41) is 0. The lowest BCUT2D eigenvalue weighted by Crippen LogP contribution is -2.34. The predicted molar refractivity (Wildman–Crippen MR) is 65.6 cm³/mol. The Morgan fingerprint density at radius 2 is 2.13 bits per heavy atom. The van der Waals surface area contributed by atoms with Gasteiger partial charge in [-0.15, -0.1) is 0 Å². The normalized spacial score (nSPS) is 13.5. The number of halogens is 1. The molecule has 1 heterocycles. The van der Waals surface area contributed by atoms with Crippen molar-refractivity contribution in [3.8, 4) is 0 Å². The third kappa shape index (κ3) is 2.59. The molecule has 2 N–H and O–H groups in total. The molecular weight excluding hydrogens is 256 g/mol. The second kappa shape index (κ2) is 5.63. The highest BCUT2D eigenvalue weighted by Crippen LogP contribution is 2.25. The number of nitrogens with two attached hydrogens (primary N) is 1. The van der Waals surface area contributed by atoms with Gasteiger partial charge in [0.2, 0.25) is 0 Å². The molecule has 1 aromatic heterocycles. The van der Waals surface area contributed by atoms with Crippen LogP contribution in [0.4, 0.5) is 0 Å². The Hall–Kier alpha value is -0.390. The first-order chi connectivity index (χ1) is 7.15. The molecule has 0 aliphatic rings. The zero-order valence-electron chi connectivity index (χ0n) is 9.57. The van der Waals surface area contributed by atoms with Crippen LogP contribution in [0.5, 0.6) is 0 Å². The van der Waals surface area contributed by atoms with Crippen molar-refractivity contribution >= 4 is 15.9 Å². The maximum Gasteiger partial charge on any atom is 0.109 e. The summed E-state index contributed by atoms with van der Waals surface area (Å²) in [6.07, 6.45) is 1.81. The smallest absolute Gasteiger partial charge is 0.109 e. The van der Waals surface area contributed by atoms with E-state index in [2.05, 4.69) is 39.7 Å². The highest BCUT2D eigenvalue weighted by atomic mass is 79.9. The number of hydrogen-bond acceptors (Lipinski definition) is 3. The van der Waals surface area contributed by atoms with E-state index in [1.54, 1.807) is 0 Å². The van der Waals surface area contributed by atoms with Gasteiger partial charge in [0.25, 0.3) is 0 Å². The highest BCUT2D eigenvalue weighted by molar-refractivity contribution is 9.10. The Balaban J connectivity index is 2.96. The van der Waals surface area contributed by atoms with E-state index in [9.17, 15) is 0 Å². The van der Waals surface area contributed by atoms with E-state index in [1.807, 2.05) is 17.9 Å². The Morgan fingerprint density at radius 1 is 1.53 bits per heavy atom. The third-order valence-corrected chi connectivity index (χ3v) is 3.65. The van der Waals surface area contributed by atoms with Gasteiger partial charge in [-0.1, -0.05) is 13.8 Å². The van der Waals surface area contributed by atoms with Gasteiger partial charge in [-0.25, -0.2) is 4.98 Å². The molecule has 0 spiro atoms. The van der Waals surface area contributed by atoms with Crippen LogP contribution in [0, 0.1) is 0 Å². The maximum atomic E-state index is 5.82. The van der Waals surface area contributed by atoms with Gasteiger partial charge in [-0.2, -0.15) is 0 Å². The van der Waals surface area contributed by atoms with Crippen LogP contribution in [0.15, 0.2) is 10.9 Å². The van der Waals surface area contributed by atoms with Crippen LogP contribution in [0.2, 0.25) is 0 Å². The first-order valence-electron chi connectivity index (χ1n) is 5.26. The lowest BCUT2D eigenvalue weighted by Gasteiger charge is -2.27. The van der Waals surface area contributed by atoms with Crippen LogP contribution in [0.1, 0.15) is 25.6 Å². The average Bonchev–Trinajstić information content (AvgIpc) is 2.57. The van der Waals surface area contributed by atoms with Crippen LogP contribution in [0.3, 0.4) is 0 Å². The van der Waals surface area contributed by atoms with Crippen LogP contribution in [0.25, 0.3) is 0 Å². The minimum atomic E-state index is 0.204. The fraction of sp³-hybridized carbons (Fsp3) is 0.700. The molecule has 1 rings (SSSR count). The van der Waals surface area contributed by atoms with Gasteiger partial charge in [0.15, 0.2) is 0 Å². The van der Waals surface area contributed by atoms with Gasteiger partial charge in [0.05, 0.1) is 18.1 Å². The van der Waals surface area contributed by atoms with Gasteiger partial charge in [0, 0.05) is 13.6 Å². The summed E-state index contributed by atoms with van der Waals surface area (Å²) < 4.78 is 2.98. The molecule has 0 aliphatic carbocycles. The van der Waals surface area contributed by atoms with Gasteiger partial charge < -0.3 is 10.3 Å². The van der Waals surface area contributed by atoms with E-state index in [-0.39, 0.29) is 6.04 Å². The zero-order chi connectivity index (χ0) is 11.4. The number of likely N-dealkylation sites (N-methyl/N-ethyl adjacent to an activating group) is 1. The molecule has 15 heavy (non-hydrogen) atoms. The molecule has 0 fully saturated rings. The maximum absolute atomic E-state index is 5.82. The van der Waals surface area contributed by atoms with Gasteiger partial charge in [0.1, 0.15) is 4.60 Å². The molecule has 0 amide bonds. The fourth-order valence-electron chi connectivity index (χ4n) is 1.75. The van der Waals surface area contributed by atoms with Crippen molar-refractivity contribution < 1.29 is 0 Å². The van der Waals surface area contributed by atoms with E-state index in [4.69, 9.17) is 5.73 Å². The number of hydrogen-bond donors (Lipinski definition) is 1. The SMILES string of the molecule is CCN(CC)C(CN)c1ncn(C)c1Br. The molecule has 1 atom stereocenters. The summed E-state index contributed by atoms with van der Waals surface area (Å²) in [6.45, 7) is 6.85. The monoisotopic (exact) mass is 274 g/mol. The molecule has 0 saturated heterocycles. The number of aryl methyl sites for hydroxylation is 1. The van der Waals surface area contributed by atoms with E-state index in [0.29, 0.717) is 6.54 Å². The van der Waals surface area contributed by atoms with Gasteiger partial charge in [-0.05, 0) is 29.0 Å². The van der Waals surface area contributed by atoms with Crippen LogP contribution in [-0.2, 0) is 7.05 Å². The standard InChI is InChI=1S/C10H19BrN4/c1-4-15(5-2)8(6-12)9-10(11)14(3)7-13-9/h7-8H,4-6,12H2,1-3H3. The third-order valence-electron chi connectivity index (χ3n) is 2.68. The lowest BCUT2D eigenvalue weighted by molar-refractivity contribution is 0.219. The topological polar surface area (TPSA) is 47.1 Å². The summed E-state index contributed by atoms with van der Waals surface area (Å²) in [4.78, 5) is 6.71. The van der Waals surface area contributed by atoms with Crippen molar-refractivity contribution in [3.05, 3.63) is 16.6 Å². The average molecular weight is 275 g/mol. The minimum absolute atomic E-state index is 0.204. The summed E-state index contributed by atoms with van der Waals surface area (Å²) >= 11 is 3.54. The van der Waals surface area contributed by atoms with Crippen molar-refractivity contribution in [3.63, 3.8) is 0 Å². The first-order valence-corrected chi connectivity index (χ1v) is 6.05. The first kappa shape index (κ1) is 12.7. The summed E-state index contributed by atoms with van der Waals surface area (Å²) in [5.74, 6) is 0. The van der Waals surface area contributed by atoms with Gasteiger partial charge in [-0.3, -0.25) is 4.90 Å². The second-order valence-electron chi connectivity index (χ2n) is 3.50. The largest absolute Gasteiger partial charge is 0.329 e. The molecule has 0 radical (unpaired) electrons. The van der Waals surface area contributed by atoms with E-state index in [1.165, 1.54) is 0 Å². The number of nitrogens with zero attached hydrogens (tertiary/aromatic N) is 3. The molecule has 86 valence electrons. The van der Waals surface area contributed by atoms with E-state index >= 15 is 0 Å². The molecule has 0 aromatic carbocycles. The predicted octanol–water partition coefficient (Wildman–Crippen LogP) is 1.52. The molecule has 5 heteroatoms. The Kier molecular flexibility index (Phi) is 4.76. The Bertz CT molecular complexity index is 306. The second-order valence-corrected chi connectivity index (χ2v) is 4.26. The van der Waals surface area contributed by atoms with Crippen molar-refractivity contribution in [1.82, 2.24) is 14.5 Å². The highest BCUT2D eigenvalue weighted by Gasteiger charge is 2.21. The van der Waals surface area contributed by atoms with E-state index in [0.717, 1.165) is 23.4 Å². The lowest BCUT2D eigenvalue weighted by atomic mass is 10.2. The summed E-state index contributed by atoms with van der Waals surface area (Å²) in [7, 11) is 1.97. The molecule has 1 aromatic rings. The molecule has 4 nitrogen and oxygen atoms in total. The molecule has 0 aliphatic heterocycles. The van der Waals surface area contributed by atoms with Crippen LogP contribution in [-0.4, -0.2) is 34.1 Å². The van der Waals surface area contributed by atoms with Crippen molar-refractivity contribution in [1.29, 1.82) is 0 Å². The fourth-order valence-corrected chi connectivity index (χ4v) is 2.21. The number of imidazole rings is 1. The molecule has 1 unspecified atom stereocenters. The van der Waals surface area contributed by atoms with Crippen LogP contribution >= 0.6 is 15.9 Å². The minimum Gasteiger partial charge on any atom is -0.329 e. The number of aromatic nitrogens is 2. The van der Waals surface area contributed by atoms with Gasteiger partial charge >= 0.3 is 0 Å². The van der Waals surface area contributed by atoms with Crippen molar-refractivity contribution in [2.24, 2.45) is 12.8 Å². The van der Waals surface area contributed by atoms with Crippen LogP contribution < -0.4 is 5.73 Å². The van der Waals surface area contributed by atoms with Crippen molar-refractivity contribution in [2.75, 3.05) is 19.6 Å². The molecular formula is C10H19BrN4. The molecule has 0 saturated carbocycles. The summed E-state index contributed by atoms with van der Waals surface area (Å²) in [6, 6.07) is 0.204. The quantitative estimate of drug-likeness (QED) is 0.886. The Morgan fingerprint density at radius 3 is 2.47 bits per heavy atom. The van der Waals surface area contributed by atoms with Crippen molar-refractivity contribution in [2.45, 2.75) is 19.9 Å². The Labute approximate surface area is 99.6 Å². The number of rotatable bonds is 5. The molecule has 0 bridgehead atoms. The zero-order valence-corrected chi connectivity index (χ0v) is 11.2. The van der Waals surface area contributed by atoms with E-state index < -0.39 is 0 Å². The summed E-state index contributed by atoms with van der Waals surface area (Å²) in [5.41, 5.74) is 6.85.